The molecule has 0 bridgehead atoms. The molecule has 84 heavy (non-hydrogen) atoms. The number of hydrogen-bond donors (Lipinski definition) is 0. The lowest BCUT2D eigenvalue weighted by atomic mass is 9.97. The summed E-state index contributed by atoms with van der Waals surface area (Å²) < 4.78 is 4.62. The highest BCUT2D eigenvalue weighted by Crippen LogP contribution is 2.46. The third-order valence-corrected chi connectivity index (χ3v) is 15.9. The smallest absolute Gasteiger partial charge is 0.197 e. The van der Waals surface area contributed by atoms with Crippen molar-refractivity contribution in [1.82, 2.24) is 14.1 Å². The normalized spacial score (nSPS) is 11.0. The van der Waals surface area contributed by atoms with Crippen molar-refractivity contribution < 1.29 is 0 Å². The van der Waals surface area contributed by atoms with Gasteiger partial charge in [-0.15, -0.1) is 0 Å². The predicted molar refractivity (Wildman–Crippen MR) is 338 cm³/mol. The Morgan fingerprint density at radius 1 is 0.310 bits per heavy atom. The first-order valence-electron chi connectivity index (χ1n) is 27.2. The zero-order valence-electron chi connectivity index (χ0n) is 44.8. The lowest BCUT2D eigenvalue weighted by Crippen LogP contribution is -2.04. The maximum absolute atomic E-state index is 9.73. The molecular weight excluding hydrogens is 1020 g/mol. The molecule has 0 fully saturated rings. The van der Waals surface area contributed by atoms with Gasteiger partial charge in [-0.25, -0.2) is 14.7 Å². The summed E-state index contributed by atoms with van der Waals surface area (Å²) in [6, 6.07) is 92.2. The molecule has 0 saturated carbocycles. The summed E-state index contributed by atoms with van der Waals surface area (Å²) in [7, 11) is 0. The van der Waals surface area contributed by atoms with Crippen molar-refractivity contribution in [3.63, 3.8) is 0 Å². The van der Waals surface area contributed by atoms with Crippen LogP contribution in [0.5, 0.6) is 0 Å². The highest BCUT2D eigenvalue weighted by Gasteiger charge is 2.25. The van der Waals surface area contributed by atoms with E-state index in [4.69, 9.17) is 18.1 Å². The highest BCUT2D eigenvalue weighted by molar-refractivity contribution is 6.14. The van der Waals surface area contributed by atoms with E-state index in [9.17, 15) is 15.8 Å². The number of aromatic nitrogens is 3. The van der Waals surface area contributed by atoms with Gasteiger partial charge in [-0.2, -0.15) is 15.8 Å². The maximum atomic E-state index is 9.73. The molecule has 8 nitrogen and oxygen atoms in total. The molecule has 3 aromatic heterocycles. The SMILES string of the molecule is [C-]#[N+]c1ccc(-c2ccc3c(c2)c2cc(-c4ccc(C#N)cc4)ccc2n3-c2cc([N+]#[C-])c(-c3cc(-c4ccccc4)nc(-c4ccccc4)c3)cc2-n2c3ccc(-c4ccc(C#N)cc4)cc3c3cc(-c4ccc(C#N)cc4)ccc32)cc1. The number of hydrogen-bond acceptors (Lipinski definition) is 4. The predicted octanol–water partition coefficient (Wildman–Crippen LogP) is 19.7. The van der Waals surface area contributed by atoms with Crippen LogP contribution in [0.4, 0.5) is 11.4 Å². The van der Waals surface area contributed by atoms with Crippen LogP contribution in [0.1, 0.15) is 16.7 Å². The number of fused-ring (bicyclic) bond motifs is 6. The van der Waals surface area contributed by atoms with Gasteiger partial charge in [-0.05, 0) is 165 Å². The van der Waals surface area contributed by atoms with Crippen molar-refractivity contribution in [3.05, 3.63) is 294 Å². The molecule has 0 radical (unpaired) electrons. The highest BCUT2D eigenvalue weighted by atomic mass is 15.1. The van der Waals surface area contributed by atoms with E-state index in [0.29, 0.717) is 28.1 Å². The van der Waals surface area contributed by atoms with Gasteiger partial charge < -0.3 is 9.13 Å². The zero-order valence-corrected chi connectivity index (χ0v) is 44.8. The Morgan fingerprint density at radius 3 is 0.976 bits per heavy atom. The molecule has 0 spiro atoms. The maximum Gasteiger partial charge on any atom is 0.197 e. The number of pyridine rings is 1. The fourth-order valence-corrected chi connectivity index (χ4v) is 11.7. The molecule has 386 valence electrons. The summed E-state index contributed by atoms with van der Waals surface area (Å²) in [6.07, 6.45) is 0. The lowest BCUT2D eigenvalue weighted by molar-refractivity contribution is 1.10. The molecule has 0 aliphatic rings. The quantitative estimate of drug-likeness (QED) is 0.134. The van der Waals surface area contributed by atoms with E-state index in [1.54, 1.807) is 0 Å². The largest absolute Gasteiger partial charge is 0.308 e. The Balaban J connectivity index is 1.10. The van der Waals surface area contributed by atoms with Gasteiger partial charge in [0.2, 0.25) is 0 Å². The van der Waals surface area contributed by atoms with E-state index in [2.05, 4.69) is 152 Å². The van der Waals surface area contributed by atoms with Crippen LogP contribution < -0.4 is 0 Å². The molecule has 11 aromatic carbocycles. The van der Waals surface area contributed by atoms with E-state index in [0.717, 1.165) is 133 Å². The monoisotopic (exact) mass is 1070 g/mol. The van der Waals surface area contributed by atoms with Gasteiger partial charge >= 0.3 is 0 Å². The summed E-state index contributed by atoms with van der Waals surface area (Å²) >= 11 is 0. The first-order chi connectivity index (χ1) is 41.4. The van der Waals surface area contributed by atoms with Crippen molar-refractivity contribution in [2.24, 2.45) is 0 Å². The molecule has 0 saturated heterocycles. The molecule has 0 aliphatic heterocycles. The fourth-order valence-electron chi connectivity index (χ4n) is 11.7. The van der Waals surface area contributed by atoms with Gasteiger partial charge in [-0.1, -0.05) is 146 Å². The minimum atomic E-state index is 0.450. The summed E-state index contributed by atoms with van der Waals surface area (Å²) in [5.74, 6) is 0. The minimum absolute atomic E-state index is 0.450. The van der Waals surface area contributed by atoms with Crippen LogP contribution in [0, 0.1) is 47.1 Å². The molecule has 0 aliphatic carbocycles. The summed E-state index contributed by atoms with van der Waals surface area (Å²) in [6.45, 7) is 16.7. The lowest BCUT2D eigenvalue weighted by Gasteiger charge is -2.20. The van der Waals surface area contributed by atoms with E-state index in [1.165, 1.54) is 0 Å². The van der Waals surface area contributed by atoms with Gasteiger partial charge in [0.25, 0.3) is 0 Å². The van der Waals surface area contributed by atoms with Crippen molar-refractivity contribution in [1.29, 1.82) is 15.8 Å². The van der Waals surface area contributed by atoms with Gasteiger partial charge in [0.05, 0.1) is 92.9 Å². The number of benzene rings is 11. The van der Waals surface area contributed by atoms with E-state index in [1.807, 2.05) is 140 Å². The number of nitriles is 3. The van der Waals surface area contributed by atoms with Gasteiger partial charge in [0, 0.05) is 32.7 Å². The van der Waals surface area contributed by atoms with Crippen molar-refractivity contribution in [3.8, 4) is 108 Å². The molecule has 8 heteroatoms. The fraction of sp³-hybridized carbons (Fsp3) is 0. The Bertz CT molecular complexity index is 4910. The molecule has 14 rings (SSSR count). The molecule has 0 unspecified atom stereocenters. The van der Waals surface area contributed by atoms with Crippen molar-refractivity contribution >= 4 is 55.0 Å². The molecule has 14 aromatic rings. The Labute approximate surface area is 484 Å². The third-order valence-electron chi connectivity index (χ3n) is 15.9. The average Bonchev–Trinajstić information content (AvgIpc) is 2.29. The molecule has 0 atom stereocenters. The van der Waals surface area contributed by atoms with E-state index >= 15 is 0 Å². The third kappa shape index (κ3) is 8.74. The average molecular weight is 1070 g/mol. The zero-order chi connectivity index (χ0) is 56.8. The molecule has 3 heterocycles. The first-order valence-corrected chi connectivity index (χ1v) is 27.2. The van der Waals surface area contributed by atoms with Crippen LogP contribution in [0.3, 0.4) is 0 Å². The van der Waals surface area contributed by atoms with Crippen molar-refractivity contribution in [2.45, 2.75) is 0 Å². The summed E-state index contributed by atoms with van der Waals surface area (Å²) in [5.41, 5.74) is 20.9. The van der Waals surface area contributed by atoms with Crippen LogP contribution in [0.2, 0.25) is 0 Å². The van der Waals surface area contributed by atoms with Crippen LogP contribution >= 0.6 is 0 Å². The minimum Gasteiger partial charge on any atom is -0.308 e. The first kappa shape index (κ1) is 49.9. The van der Waals surface area contributed by atoms with E-state index in [-0.39, 0.29) is 0 Å². The standard InChI is InChI=1S/C76H42N8/c1-80-62-31-25-54(26-32-62)60-30-36-74-67(40-60)66-39-59(53-23-17-50(47-79)18-24-53)29-35-73(66)84(74)76-44-70(81-2)63(61-41-68(55-9-5-3-6-10-55)82-69(42-61)56-11-7-4-8-12-56)43-75(76)83-71-33-27-57(51-19-13-48(45-77)14-20-51)37-64(71)65-38-58(28-34-72(65)83)52-21-15-49(46-78)16-22-52/h3-44H. The number of rotatable bonds is 9. The van der Waals surface area contributed by atoms with Gasteiger partial charge in [0.1, 0.15) is 0 Å². The topological polar surface area (TPSA) is 103 Å². The van der Waals surface area contributed by atoms with E-state index < -0.39 is 0 Å². The summed E-state index contributed by atoms with van der Waals surface area (Å²) in [5, 5.41) is 33.1. The molecule has 0 amide bonds. The number of nitrogens with zero attached hydrogens (tertiary/aromatic N) is 8. The molecule has 0 N–H and O–H groups in total. The summed E-state index contributed by atoms with van der Waals surface area (Å²) in [4.78, 5) is 13.3. The second kappa shape index (κ2) is 20.7. The van der Waals surface area contributed by atoms with Crippen LogP contribution in [-0.2, 0) is 0 Å². The Morgan fingerprint density at radius 2 is 0.643 bits per heavy atom. The van der Waals surface area contributed by atoms with Gasteiger partial charge in [0.15, 0.2) is 11.4 Å². The van der Waals surface area contributed by atoms with Crippen LogP contribution in [-0.4, -0.2) is 14.1 Å². The van der Waals surface area contributed by atoms with Crippen LogP contribution in [0.25, 0.3) is 143 Å². The molecular formula is C76H42N8. The van der Waals surface area contributed by atoms with Crippen LogP contribution in [0.15, 0.2) is 255 Å². The van der Waals surface area contributed by atoms with Gasteiger partial charge in [-0.3, -0.25) is 0 Å². The second-order valence-electron chi connectivity index (χ2n) is 20.7. The Kier molecular flexibility index (Phi) is 12.3. The Hall–Kier alpha value is -12.4. The second-order valence-corrected chi connectivity index (χ2v) is 20.7. The van der Waals surface area contributed by atoms with Crippen molar-refractivity contribution in [2.75, 3.05) is 0 Å².